The first-order chi connectivity index (χ1) is 7.72. The summed E-state index contributed by atoms with van der Waals surface area (Å²) in [7, 11) is 0. The van der Waals surface area contributed by atoms with Crippen LogP contribution in [0, 0.1) is 0 Å². The first kappa shape index (κ1) is 12.4. The van der Waals surface area contributed by atoms with Gasteiger partial charge in [-0.2, -0.15) is 0 Å². The molecule has 1 N–H and O–H groups in total. The molecule has 1 rings (SSSR count). The van der Waals surface area contributed by atoms with Gasteiger partial charge in [0, 0.05) is 23.0 Å². The SMILES string of the molecule is [N-]=[N+]=NCCNC(=O)Cc1cccc(Cl)c1. The zero-order chi connectivity index (χ0) is 11.8. The number of rotatable bonds is 5. The van der Waals surface area contributed by atoms with Gasteiger partial charge in [0.05, 0.1) is 6.42 Å². The second-order valence-electron chi connectivity index (χ2n) is 3.11. The quantitative estimate of drug-likeness (QED) is 0.363. The maximum atomic E-state index is 11.4. The minimum Gasteiger partial charge on any atom is -0.356 e. The number of hydrogen-bond donors (Lipinski definition) is 1. The first-order valence-electron chi connectivity index (χ1n) is 4.74. The highest BCUT2D eigenvalue weighted by molar-refractivity contribution is 6.30. The Morgan fingerprint density at radius 3 is 3.06 bits per heavy atom. The maximum absolute atomic E-state index is 11.4. The fourth-order valence-electron chi connectivity index (χ4n) is 1.18. The van der Waals surface area contributed by atoms with Crippen LogP contribution in [-0.4, -0.2) is 19.0 Å². The lowest BCUT2D eigenvalue weighted by Crippen LogP contribution is -2.27. The van der Waals surface area contributed by atoms with Crippen molar-refractivity contribution >= 4 is 17.5 Å². The van der Waals surface area contributed by atoms with E-state index in [-0.39, 0.29) is 18.9 Å². The minimum atomic E-state index is -0.115. The van der Waals surface area contributed by atoms with E-state index in [2.05, 4.69) is 15.3 Å². The largest absolute Gasteiger partial charge is 0.356 e. The number of carbonyl (C=O) groups excluding carboxylic acids is 1. The van der Waals surface area contributed by atoms with E-state index < -0.39 is 0 Å². The van der Waals surface area contributed by atoms with E-state index in [1.54, 1.807) is 18.2 Å². The van der Waals surface area contributed by atoms with Gasteiger partial charge in [0.15, 0.2) is 0 Å². The molecule has 0 aliphatic heterocycles. The molecule has 0 aromatic heterocycles. The van der Waals surface area contributed by atoms with Crippen LogP contribution in [0.2, 0.25) is 5.02 Å². The van der Waals surface area contributed by atoms with Gasteiger partial charge >= 0.3 is 0 Å². The van der Waals surface area contributed by atoms with Crippen molar-refractivity contribution in [2.24, 2.45) is 5.11 Å². The molecule has 0 saturated carbocycles. The predicted octanol–water partition coefficient (Wildman–Crippen LogP) is 2.31. The summed E-state index contributed by atoms with van der Waals surface area (Å²) in [4.78, 5) is 14.0. The van der Waals surface area contributed by atoms with Gasteiger partial charge in [-0.3, -0.25) is 4.79 Å². The van der Waals surface area contributed by atoms with E-state index in [1.807, 2.05) is 6.07 Å². The van der Waals surface area contributed by atoms with Crippen molar-refractivity contribution in [2.75, 3.05) is 13.1 Å². The van der Waals surface area contributed by atoms with Crippen molar-refractivity contribution in [3.05, 3.63) is 45.3 Å². The molecule has 1 aromatic carbocycles. The molecule has 0 aliphatic rings. The van der Waals surface area contributed by atoms with Crippen LogP contribution < -0.4 is 5.32 Å². The van der Waals surface area contributed by atoms with Crippen LogP contribution in [0.3, 0.4) is 0 Å². The van der Waals surface area contributed by atoms with E-state index in [9.17, 15) is 4.79 Å². The number of carbonyl (C=O) groups is 1. The molecular weight excluding hydrogens is 228 g/mol. The van der Waals surface area contributed by atoms with Gasteiger partial charge in [-0.1, -0.05) is 28.8 Å². The predicted molar refractivity (Wildman–Crippen MR) is 62.2 cm³/mol. The van der Waals surface area contributed by atoms with E-state index in [0.717, 1.165) is 5.56 Å². The average molecular weight is 239 g/mol. The Labute approximate surface area is 98.0 Å². The van der Waals surface area contributed by atoms with E-state index in [1.165, 1.54) is 0 Å². The van der Waals surface area contributed by atoms with Crippen molar-refractivity contribution in [1.29, 1.82) is 0 Å². The second kappa shape index (κ2) is 6.71. The van der Waals surface area contributed by atoms with E-state index in [0.29, 0.717) is 11.6 Å². The van der Waals surface area contributed by atoms with Crippen LogP contribution in [0.5, 0.6) is 0 Å². The number of hydrogen-bond acceptors (Lipinski definition) is 2. The Bertz CT molecular complexity index is 415. The number of amides is 1. The zero-order valence-corrected chi connectivity index (χ0v) is 9.31. The third-order valence-electron chi connectivity index (χ3n) is 1.85. The van der Waals surface area contributed by atoms with Crippen LogP contribution in [0.25, 0.3) is 10.4 Å². The summed E-state index contributed by atoms with van der Waals surface area (Å²) in [6, 6.07) is 7.13. The zero-order valence-electron chi connectivity index (χ0n) is 8.56. The molecule has 0 atom stereocenters. The Morgan fingerprint density at radius 1 is 1.56 bits per heavy atom. The van der Waals surface area contributed by atoms with Crippen LogP contribution in [0.4, 0.5) is 0 Å². The third-order valence-corrected chi connectivity index (χ3v) is 2.09. The summed E-state index contributed by atoms with van der Waals surface area (Å²) in [6.07, 6.45) is 0.275. The molecule has 5 nitrogen and oxygen atoms in total. The molecule has 0 heterocycles. The third kappa shape index (κ3) is 4.68. The number of nitrogens with one attached hydrogen (secondary N) is 1. The first-order valence-corrected chi connectivity index (χ1v) is 5.12. The normalized spacial score (nSPS) is 9.31. The van der Waals surface area contributed by atoms with Crippen LogP contribution in [0.15, 0.2) is 29.4 Å². The Hall–Kier alpha value is -1.71. The molecular formula is C10H11ClN4O. The van der Waals surface area contributed by atoms with Crippen LogP contribution >= 0.6 is 11.6 Å². The minimum absolute atomic E-state index is 0.115. The topological polar surface area (TPSA) is 77.9 Å². The number of nitrogens with zero attached hydrogens (tertiary/aromatic N) is 3. The maximum Gasteiger partial charge on any atom is 0.224 e. The van der Waals surface area contributed by atoms with Gasteiger partial charge in [0.25, 0.3) is 0 Å². The van der Waals surface area contributed by atoms with Gasteiger partial charge in [-0.15, -0.1) is 0 Å². The van der Waals surface area contributed by atoms with Gasteiger partial charge in [-0.25, -0.2) is 0 Å². The average Bonchev–Trinajstić information content (AvgIpc) is 2.24. The molecule has 84 valence electrons. The molecule has 1 amide bonds. The summed E-state index contributed by atoms with van der Waals surface area (Å²) in [6.45, 7) is 0.612. The van der Waals surface area contributed by atoms with Crippen molar-refractivity contribution in [3.63, 3.8) is 0 Å². The molecule has 0 fully saturated rings. The lowest BCUT2D eigenvalue weighted by molar-refractivity contribution is -0.120. The monoisotopic (exact) mass is 238 g/mol. The number of azide groups is 1. The van der Waals surface area contributed by atoms with Crippen molar-refractivity contribution < 1.29 is 4.79 Å². The van der Waals surface area contributed by atoms with E-state index >= 15 is 0 Å². The highest BCUT2D eigenvalue weighted by Crippen LogP contribution is 2.10. The van der Waals surface area contributed by atoms with Gasteiger partial charge in [-0.05, 0) is 23.2 Å². The summed E-state index contributed by atoms with van der Waals surface area (Å²) >= 11 is 5.79. The molecule has 0 aliphatic carbocycles. The molecule has 0 saturated heterocycles. The molecule has 0 unspecified atom stereocenters. The molecule has 0 spiro atoms. The fraction of sp³-hybridized carbons (Fsp3) is 0.300. The van der Waals surface area contributed by atoms with Crippen LogP contribution in [-0.2, 0) is 11.2 Å². The lowest BCUT2D eigenvalue weighted by Gasteiger charge is -2.03. The standard InChI is InChI=1S/C10H11ClN4O/c11-9-3-1-2-8(6-9)7-10(16)13-4-5-14-15-12/h1-3,6H,4-5,7H2,(H,13,16). The summed E-state index contributed by atoms with van der Waals surface area (Å²) in [5.41, 5.74) is 8.88. The Morgan fingerprint density at radius 2 is 2.38 bits per heavy atom. The number of benzene rings is 1. The molecule has 16 heavy (non-hydrogen) atoms. The second-order valence-corrected chi connectivity index (χ2v) is 3.55. The Kier molecular flexibility index (Phi) is 5.19. The lowest BCUT2D eigenvalue weighted by atomic mass is 10.1. The highest BCUT2D eigenvalue weighted by atomic mass is 35.5. The van der Waals surface area contributed by atoms with Crippen LogP contribution in [0.1, 0.15) is 5.56 Å². The molecule has 0 radical (unpaired) electrons. The highest BCUT2D eigenvalue weighted by Gasteiger charge is 2.02. The molecule has 6 heteroatoms. The van der Waals surface area contributed by atoms with Crippen molar-refractivity contribution in [1.82, 2.24) is 5.32 Å². The van der Waals surface area contributed by atoms with E-state index in [4.69, 9.17) is 17.1 Å². The van der Waals surface area contributed by atoms with Gasteiger partial charge in [0.2, 0.25) is 5.91 Å². The summed E-state index contributed by atoms with van der Waals surface area (Å²) < 4.78 is 0. The van der Waals surface area contributed by atoms with Crippen molar-refractivity contribution in [3.8, 4) is 0 Å². The van der Waals surface area contributed by atoms with Gasteiger partial charge < -0.3 is 5.32 Å². The smallest absolute Gasteiger partial charge is 0.224 e. The van der Waals surface area contributed by atoms with Crippen molar-refractivity contribution in [2.45, 2.75) is 6.42 Å². The van der Waals surface area contributed by atoms with Gasteiger partial charge in [0.1, 0.15) is 0 Å². The number of halogens is 1. The molecule has 1 aromatic rings. The summed E-state index contributed by atoms with van der Waals surface area (Å²) in [5, 5.41) is 6.56. The Balaban J connectivity index is 2.36. The summed E-state index contributed by atoms with van der Waals surface area (Å²) in [5.74, 6) is -0.115. The fourth-order valence-corrected chi connectivity index (χ4v) is 1.40. The molecule has 0 bridgehead atoms.